The van der Waals surface area contributed by atoms with Crippen molar-refractivity contribution in [1.29, 1.82) is 0 Å². The third-order valence-electron chi connectivity index (χ3n) is 4.95. The van der Waals surface area contributed by atoms with E-state index in [9.17, 15) is 13.2 Å². The van der Waals surface area contributed by atoms with Gasteiger partial charge in [0.1, 0.15) is 6.61 Å². The van der Waals surface area contributed by atoms with Gasteiger partial charge in [-0.3, -0.25) is 10.1 Å². The number of carbonyl (C=O) groups is 1. The lowest BCUT2D eigenvalue weighted by Gasteiger charge is -2.25. The maximum Gasteiger partial charge on any atom is 0.252 e. The Morgan fingerprint density at radius 3 is 2.65 bits per heavy atom. The first-order valence-corrected chi connectivity index (χ1v) is 12.1. The van der Waals surface area contributed by atoms with E-state index < -0.39 is 10.0 Å². The van der Waals surface area contributed by atoms with Gasteiger partial charge in [0.15, 0.2) is 5.13 Å². The first-order valence-electron chi connectivity index (χ1n) is 9.89. The van der Waals surface area contributed by atoms with Gasteiger partial charge >= 0.3 is 0 Å². The van der Waals surface area contributed by atoms with Gasteiger partial charge in [-0.15, -0.1) is 11.3 Å². The number of sulfonamides is 1. The summed E-state index contributed by atoms with van der Waals surface area (Å²) in [6.07, 6.45) is 0.511. The number of nitrogens with one attached hydrogen (secondary N) is 1. The molecule has 1 N–H and O–H groups in total. The maximum absolute atomic E-state index is 13.0. The number of amides is 1. The number of aromatic nitrogens is 1. The lowest BCUT2D eigenvalue weighted by atomic mass is 10.2. The van der Waals surface area contributed by atoms with Crippen molar-refractivity contribution in [2.45, 2.75) is 31.4 Å². The second kappa shape index (κ2) is 9.27. The molecule has 0 unspecified atom stereocenters. The van der Waals surface area contributed by atoms with Gasteiger partial charge < -0.3 is 4.74 Å². The van der Waals surface area contributed by atoms with E-state index in [4.69, 9.17) is 4.74 Å². The van der Waals surface area contributed by atoms with Crippen LogP contribution in [0.5, 0.6) is 0 Å². The summed E-state index contributed by atoms with van der Waals surface area (Å²) in [4.78, 5) is 17.8. The Labute approximate surface area is 185 Å². The molecule has 0 radical (unpaired) electrons. The summed E-state index contributed by atoms with van der Waals surface area (Å²) in [6.45, 7) is 2.81. The summed E-state index contributed by atoms with van der Waals surface area (Å²) in [6, 6.07) is 16.5. The van der Waals surface area contributed by atoms with Crippen LogP contribution in [0.3, 0.4) is 0 Å². The van der Waals surface area contributed by atoms with Gasteiger partial charge in [-0.25, -0.2) is 13.4 Å². The summed E-state index contributed by atoms with van der Waals surface area (Å²) in [7, 11) is -3.57. The zero-order valence-electron chi connectivity index (χ0n) is 17.1. The number of benzene rings is 2. The number of aryl methyl sites for hydroxylation is 1. The minimum absolute atomic E-state index is 0.0763. The molecule has 0 fully saturated rings. The smallest absolute Gasteiger partial charge is 0.252 e. The molecule has 1 aromatic heterocycles. The number of nitrogens with zero attached hydrogens (tertiary/aromatic N) is 2. The van der Waals surface area contributed by atoms with Crippen LogP contribution in [0.25, 0.3) is 0 Å². The molecular formula is C22H23N3O4S2. The van der Waals surface area contributed by atoms with Crippen molar-refractivity contribution in [1.82, 2.24) is 9.29 Å². The number of rotatable bonds is 7. The third-order valence-corrected chi connectivity index (χ3v) is 7.80. The van der Waals surface area contributed by atoms with Crippen molar-refractivity contribution in [3.05, 3.63) is 76.3 Å². The molecule has 9 heteroatoms. The van der Waals surface area contributed by atoms with Gasteiger partial charge in [-0.05, 0) is 24.6 Å². The molecule has 2 aromatic carbocycles. The standard InChI is InChI=1S/C22H23N3O4S2/c1-16-7-9-18(10-8-16)31(27,28)25-12-11-19-20(13-25)30-22(23-19)24-21(26)15-29-14-17-5-3-2-4-6-17/h2-10H,11-15H2,1H3,(H,23,24,26). The summed E-state index contributed by atoms with van der Waals surface area (Å²) >= 11 is 1.31. The molecule has 1 aliphatic heterocycles. The Morgan fingerprint density at radius 2 is 1.90 bits per heavy atom. The predicted molar refractivity (Wildman–Crippen MR) is 119 cm³/mol. The van der Waals surface area contributed by atoms with E-state index in [-0.39, 0.29) is 24.0 Å². The topological polar surface area (TPSA) is 88.6 Å². The SMILES string of the molecule is Cc1ccc(S(=O)(=O)N2CCc3nc(NC(=O)COCc4ccccc4)sc3C2)cc1. The fraction of sp³-hybridized carbons (Fsp3) is 0.273. The van der Waals surface area contributed by atoms with Crippen LogP contribution in [0.1, 0.15) is 21.7 Å². The van der Waals surface area contributed by atoms with Crippen molar-refractivity contribution >= 4 is 32.4 Å². The van der Waals surface area contributed by atoms with Crippen LogP contribution in [0.15, 0.2) is 59.5 Å². The van der Waals surface area contributed by atoms with Gasteiger partial charge in [0.25, 0.3) is 5.91 Å². The molecular weight excluding hydrogens is 434 g/mol. The van der Waals surface area contributed by atoms with Crippen LogP contribution in [-0.2, 0) is 39.1 Å². The van der Waals surface area contributed by atoms with Crippen molar-refractivity contribution < 1.29 is 17.9 Å². The number of ether oxygens (including phenoxy) is 1. The lowest BCUT2D eigenvalue weighted by Crippen LogP contribution is -2.35. The predicted octanol–water partition coefficient (Wildman–Crippen LogP) is 3.35. The first-order chi connectivity index (χ1) is 14.9. The molecule has 3 aromatic rings. The Bertz CT molecular complexity index is 1160. The molecule has 2 heterocycles. The molecule has 0 saturated heterocycles. The fourth-order valence-corrected chi connectivity index (χ4v) is 5.81. The zero-order valence-corrected chi connectivity index (χ0v) is 18.7. The number of anilines is 1. The second-order valence-corrected chi connectivity index (χ2v) is 10.3. The number of hydrogen-bond acceptors (Lipinski definition) is 6. The van der Waals surface area contributed by atoms with E-state index in [1.165, 1.54) is 15.6 Å². The van der Waals surface area contributed by atoms with Crippen LogP contribution in [0.4, 0.5) is 5.13 Å². The van der Waals surface area contributed by atoms with Gasteiger partial charge in [0.05, 0.1) is 23.7 Å². The molecule has 1 amide bonds. The molecule has 162 valence electrons. The Kier molecular flexibility index (Phi) is 6.47. The van der Waals surface area contributed by atoms with Crippen LogP contribution >= 0.6 is 11.3 Å². The highest BCUT2D eigenvalue weighted by atomic mass is 32.2. The average Bonchev–Trinajstić information content (AvgIpc) is 3.16. The van der Waals surface area contributed by atoms with E-state index in [1.807, 2.05) is 37.3 Å². The normalized spacial score (nSPS) is 14.2. The van der Waals surface area contributed by atoms with Crippen molar-refractivity contribution in [3.63, 3.8) is 0 Å². The molecule has 1 aliphatic rings. The molecule has 0 bridgehead atoms. The largest absolute Gasteiger partial charge is 0.367 e. The van der Waals surface area contributed by atoms with Gasteiger partial charge in [0.2, 0.25) is 10.0 Å². The number of carbonyl (C=O) groups excluding carboxylic acids is 1. The summed E-state index contributed by atoms with van der Waals surface area (Å²) in [5.41, 5.74) is 2.84. The molecule has 0 atom stereocenters. The van der Waals surface area contributed by atoms with E-state index in [2.05, 4.69) is 10.3 Å². The first kappa shape index (κ1) is 21.6. The number of thiazole rings is 1. The molecule has 0 spiro atoms. The highest BCUT2D eigenvalue weighted by Crippen LogP contribution is 2.31. The van der Waals surface area contributed by atoms with E-state index in [0.29, 0.717) is 24.7 Å². The van der Waals surface area contributed by atoms with Crippen molar-refractivity contribution in [3.8, 4) is 0 Å². The number of hydrogen-bond donors (Lipinski definition) is 1. The fourth-order valence-electron chi connectivity index (χ4n) is 3.28. The molecule has 0 saturated carbocycles. The monoisotopic (exact) mass is 457 g/mol. The average molecular weight is 458 g/mol. The quantitative estimate of drug-likeness (QED) is 0.588. The lowest BCUT2D eigenvalue weighted by molar-refractivity contribution is -0.121. The van der Waals surface area contributed by atoms with Crippen LogP contribution in [0, 0.1) is 6.92 Å². The molecule has 4 rings (SSSR count). The van der Waals surface area contributed by atoms with Gasteiger partial charge in [-0.1, -0.05) is 48.0 Å². The van der Waals surface area contributed by atoms with Crippen molar-refractivity contribution in [2.75, 3.05) is 18.5 Å². The summed E-state index contributed by atoms with van der Waals surface area (Å²) in [5.74, 6) is -0.286. The highest BCUT2D eigenvalue weighted by Gasteiger charge is 2.30. The zero-order chi connectivity index (χ0) is 21.8. The molecule has 31 heavy (non-hydrogen) atoms. The Morgan fingerprint density at radius 1 is 1.16 bits per heavy atom. The van der Waals surface area contributed by atoms with Crippen LogP contribution < -0.4 is 5.32 Å². The summed E-state index contributed by atoms with van der Waals surface area (Å²) in [5, 5.41) is 3.22. The molecule has 0 aliphatic carbocycles. The van der Waals surface area contributed by atoms with Crippen molar-refractivity contribution in [2.24, 2.45) is 0 Å². The number of fused-ring (bicyclic) bond motifs is 1. The second-order valence-electron chi connectivity index (χ2n) is 7.32. The van der Waals surface area contributed by atoms with Gasteiger partial charge in [-0.2, -0.15) is 4.31 Å². The Hall–Kier alpha value is -2.59. The van der Waals surface area contributed by atoms with E-state index in [0.717, 1.165) is 21.7 Å². The van der Waals surface area contributed by atoms with E-state index >= 15 is 0 Å². The van der Waals surface area contributed by atoms with E-state index in [1.54, 1.807) is 24.3 Å². The highest BCUT2D eigenvalue weighted by molar-refractivity contribution is 7.89. The van der Waals surface area contributed by atoms with Crippen LogP contribution in [-0.4, -0.2) is 36.8 Å². The Balaban J connectivity index is 1.35. The minimum atomic E-state index is -3.57. The van der Waals surface area contributed by atoms with Crippen LogP contribution in [0.2, 0.25) is 0 Å². The minimum Gasteiger partial charge on any atom is -0.367 e. The molecule has 7 nitrogen and oxygen atoms in total. The van der Waals surface area contributed by atoms with Gasteiger partial charge in [0, 0.05) is 17.8 Å². The summed E-state index contributed by atoms with van der Waals surface area (Å²) < 4.78 is 32.8. The maximum atomic E-state index is 13.0. The third kappa shape index (κ3) is 5.19.